The molecule has 0 unspecified atom stereocenters. The van der Waals surface area contributed by atoms with Crippen LogP contribution < -0.4 is 15.5 Å². The molecule has 0 radical (unpaired) electrons. The van der Waals surface area contributed by atoms with Gasteiger partial charge in [0.05, 0.1) is 42.1 Å². The number of hydrogen-bond acceptors (Lipinski definition) is 6. The summed E-state index contributed by atoms with van der Waals surface area (Å²) >= 11 is 0. The maximum atomic E-state index is 13.1. The number of carbonyl (C=O) groups excluding carboxylic acids is 1. The molecular weight excluding hydrogens is 373 g/mol. The van der Waals surface area contributed by atoms with E-state index in [9.17, 15) is 9.90 Å². The van der Waals surface area contributed by atoms with Crippen molar-refractivity contribution < 1.29 is 28.7 Å². The molecule has 3 aliphatic rings. The topological polar surface area (TPSA) is 86.3 Å². The molecule has 3 heterocycles. The number of amides is 1. The quantitative estimate of drug-likeness (QED) is 0.736. The Balaban J connectivity index is 1.67. The van der Waals surface area contributed by atoms with Crippen LogP contribution in [-0.4, -0.2) is 61.3 Å². The summed E-state index contributed by atoms with van der Waals surface area (Å²) in [5.41, 5.74) is 2.45. The monoisotopic (exact) mass is 403 g/mol. The lowest BCUT2D eigenvalue weighted by Gasteiger charge is -2.32. The third kappa shape index (κ3) is 3.56. The van der Waals surface area contributed by atoms with Crippen molar-refractivity contribution >= 4 is 18.5 Å². The van der Waals surface area contributed by atoms with Gasteiger partial charge in [-0.25, -0.2) is 0 Å². The van der Waals surface area contributed by atoms with Crippen LogP contribution in [0.5, 0.6) is 5.75 Å². The molecule has 2 saturated heterocycles. The summed E-state index contributed by atoms with van der Waals surface area (Å²) in [7, 11) is -0.550. The normalized spacial score (nSPS) is 27.4. The Morgan fingerprint density at radius 3 is 2.55 bits per heavy atom. The largest absolute Gasteiger partial charge is 0.495 e. The third-order valence-electron chi connectivity index (χ3n) is 6.70. The van der Waals surface area contributed by atoms with Gasteiger partial charge in [-0.2, -0.15) is 0 Å². The van der Waals surface area contributed by atoms with E-state index in [1.165, 1.54) is 0 Å². The molecule has 0 bridgehead atoms. The van der Waals surface area contributed by atoms with Gasteiger partial charge in [0.25, 0.3) is 5.91 Å². The number of fused-ring (bicyclic) bond motifs is 1. The first kappa shape index (κ1) is 20.7. The van der Waals surface area contributed by atoms with Crippen LogP contribution in [0.4, 0.5) is 0 Å². The summed E-state index contributed by atoms with van der Waals surface area (Å²) in [4.78, 5) is 13.1. The molecule has 29 heavy (non-hydrogen) atoms. The van der Waals surface area contributed by atoms with Crippen LogP contribution >= 0.6 is 0 Å². The minimum atomic E-state index is -0.713. The van der Waals surface area contributed by atoms with E-state index in [1.54, 1.807) is 0 Å². The van der Waals surface area contributed by atoms with Gasteiger partial charge in [0.1, 0.15) is 5.75 Å². The van der Waals surface area contributed by atoms with Gasteiger partial charge in [0.15, 0.2) is 0 Å². The van der Waals surface area contributed by atoms with Crippen LogP contribution in [0, 0.1) is 6.92 Å². The van der Waals surface area contributed by atoms with Gasteiger partial charge in [0, 0.05) is 18.6 Å². The zero-order chi connectivity index (χ0) is 21.0. The predicted octanol–water partition coefficient (Wildman–Crippen LogP) is 1.11. The van der Waals surface area contributed by atoms with E-state index in [0.29, 0.717) is 30.9 Å². The molecule has 1 aromatic rings. The van der Waals surface area contributed by atoms with E-state index in [1.807, 2.05) is 40.7 Å². The summed E-state index contributed by atoms with van der Waals surface area (Å²) in [5.74, 6) is 0.369. The van der Waals surface area contributed by atoms with Crippen LogP contribution in [0.15, 0.2) is 6.07 Å². The van der Waals surface area contributed by atoms with Crippen LogP contribution in [0.2, 0.25) is 0 Å². The molecule has 2 atom stereocenters. The minimum Gasteiger partial charge on any atom is -0.492 e. The zero-order valence-electron chi connectivity index (χ0n) is 17.8. The fourth-order valence-electron chi connectivity index (χ4n) is 4.08. The third-order valence-corrected chi connectivity index (χ3v) is 6.70. The summed E-state index contributed by atoms with van der Waals surface area (Å²) in [5, 5.41) is 13.1. The summed E-state index contributed by atoms with van der Waals surface area (Å²) in [6, 6.07) is 1.48. The second-order valence-corrected chi connectivity index (χ2v) is 9.14. The molecule has 2 N–H and O–H groups in total. The maximum absolute atomic E-state index is 13.1. The fourth-order valence-corrected chi connectivity index (χ4v) is 4.08. The number of nitrogens with one attached hydrogen (secondary N) is 1. The Hall–Kier alpha value is -1.61. The number of benzene rings is 1. The number of hydrogen-bond donors (Lipinski definition) is 2. The van der Waals surface area contributed by atoms with Crippen molar-refractivity contribution in [3.05, 3.63) is 22.8 Å². The molecule has 7 nitrogen and oxygen atoms in total. The average molecular weight is 403 g/mol. The molecular formula is C21H30BNO6. The van der Waals surface area contributed by atoms with Gasteiger partial charge in [-0.1, -0.05) is 0 Å². The second-order valence-electron chi connectivity index (χ2n) is 9.14. The predicted molar refractivity (Wildman–Crippen MR) is 109 cm³/mol. The maximum Gasteiger partial charge on any atom is 0.495 e. The van der Waals surface area contributed by atoms with E-state index >= 15 is 0 Å². The molecule has 3 aliphatic heterocycles. The van der Waals surface area contributed by atoms with Crippen LogP contribution in [0.3, 0.4) is 0 Å². The van der Waals surface area contributed by atoms with Crippen molar-refractivity contribution in [1.29, 1.82) is 0 Å². The van der Waals surface area contributed by atoms with Gasteiger partial charge in [0.2, 0.25) is 0 Å². The van der Waals surface area contributed by atoms with E-state index in [0.717, 1.165) is 23.0 Å². The van der Waals surface area contributed by atoms with E-state index in [4.69, 9.17) is 18.8 Å². The van der Waals surface area contributed by atoms with Crippen molar-refractivity contribution in [1.82, 2.24) is 5.32 Å². The van der Waals surface area contributed by atoms with Crippen molar-refractivity contribution in [2.75, 3.05) is 19.8 Å². The first-order valence-electron chi connectivity index (χ1n) is 10.3. The highest BCUT2D eigenvalue weighted by Crippen LogP contribution is 2.38. The number of aliphatic hydroxyl groups is 1. The Morgan fingerprint density at radius 2 is 1.90 bits per heavy atom. The van der Waals surface area contributed by atoms with Crippen LogP contribution in [-0.2, 0) is 20.5 Å². The summed E-state index contributed by atoms with van der Waals surface area (Å²) < 4.78 is 23.6. The standard InChI is InChI=1S/C21H30BNO6/c1-12-13-6-9-27-18(13)14(19(25)23-16-7-8-26-11-17(16)24)10-15(12)22-28-20(2,3)21(4,5)29-22/h10,16-17,24H,6-9,11H2,1-5H3,(H,23,25)/t16-,17-/m0/s1. The first-order valence-corrected chi connectivity index (χ1v) is 10.3. The fraction of sp³-hybridized carbons (Fsp3) is 0.667. The SMILES string of the molecule is Cc1c(B2OC(C)(C)C(C)(C)O2)cc(C(=O)N[C@H]2CCOC[C@@H]2O)c2c1CCO2. The van der Waals surface area contributed by atoms with Gasteiger partial charge in [-0.3, -0.25) is 4.79 Å². The van der Waals surface area contributed by atoms with Gasteiger partial charge in [-0.05, 0) is 58.1 Å². The van der Waals surface area contributed by atoms with E-state index in [-0.39, 0.29) is 18.6 Å². The molecule has 158 valence electrons. The number of aliphatic hydroxyl groups excluding tert-OH is 1. The van der Waals surface area contributed by atoms with Gasteiger partial charge in [-0.15, -0.1) is 0 Å². The van der Waals surface area contributed by atoms with Gasteiger partial charge < -0.3 is 29.2 Å². The first-order chi connectivity index (χ1) is 13.6. The molecule has 0 spiro atoms. The number of rotatable bonds is 3. The Morgan fingerprint density at radius 1 is 1.21 bits per heavy atom. The van der Waals surface area contributed by atoms with Crippen molar-refractivity contribution in [3.8, 4) is 5.75 Å². The van der Waals surface area contributed by atoms with Crippen molar-refractivity contribution in [2.45, 2.75) is 70.8 Å². The van der Waals surface area contributed by atoms with E-state index < -0.39 is 24.4 Å². The lowest BCUT2D eigenvalue weighted by atomic mass is 9.73. The molecule has 1 aromatic carbocycles. The van der Waals surface area contributed by atoms with Crippen LogP contribution in [0.1, 0.15) is 55.6 Å². The smallest absolute Gasteiger partial charge is 0.492 e. The molecule has 2 fully saturated rings. The molecule has 1 amide bonds. The Labute approximate surface area is 172 Å². The Bertz CT molecular complexity index is 808. The summed E-state index contributed by atoms with van der Waals surface area (Å²) in [6.07, 6.45) is 0.607. The summed E-state index contributed by atoms with van der Waals surface area (Å²) in [6.45, 7) is 11.4. The minimum absolute atomic E-state index is 0.229. The lowest BCUT2D eigenvalue weighted by molar-refractivity contribution is -0.0261. The number of carbonyl (C=O) groups is 1. The Kier molecular flexibility index (Phi) is 5.18. The van der Waals surface area contributed by atoms with E-state index in [2.05, 4.69) is 5.32 Å². The lowest BCUT2D eigenvalue weighted by Crippen LogP contribution is -2.49. The highest BCUT2D eigenvalue weighted by molar-refractivity contribution is 6.62. The van der Waals surface area contributed by atoms with Gasteiger partial charge >= 0.3 is 7.12 Å². The van der Waals surface area contributed by atoms with Crippen LogP contribution in [0.25, 0.3) is 0 Å². The average Bonchev–Trinajstić information content (AvgIpc) is 3.20. The molecule has 0 saturated carbocycles. The highest BCUT2D eigenvalue weighted by Gasteiger charge is 2.52. The van der Waals surface area contributed by atoms with Crippen molar-refractivity contribution in [2.24, 2.45) is 0 Å². The molecule has 0 aromatic heterocycles. The number of ether oxygens (including phenoxy) is 2. The molecule has 0 aliphatic carbocycles. The van der Waals surface area contributed by atoms with Crippen molar-refractivity contribution in [3.63, 3.8) is 0 Å². The molecule has 8 heteroatoms. The zero-order valence-corrected chi connectivity index (χ0v) is 17.8. The molecule has 4 rings (SSSR count). The highest BCUT2D eigenvalue weighted by atomic mass is 16.7. The second kappa shape index (κ2) is 7.27.